The van der Waals surface area contributed by atoms with Crippen molar-refractivity contribution in [3.05, 3.63) is 18.2 Å². The van der Waals surface area contributed by atoms with Gasteiger partial charge in [0.05, 0.1) is 12.0 Å². The molecular formula is C15H24ClN3O. The summed E-state index contributed by atoms with van der Waals surface area (Å²) >= 11 is 0. The predicted molar refractivity (Wildman–Crippen MR) is 80.9 cm³/mol. The molecule has 1 amide bonds. The zero-order valence-electron chi connectivity index (χ0n) is 12.0. The number of amides is 1. The van der Waals surface area contributed by atoms with E-state index in [2.05, 4.69) is 22.2 Å². The molecular weight excluding hydrogens is 274 g/mol. The maximum atomic E-state index is 12.2. The van der Waals surface area contributed by atoms with Crippen molar-refractivity contribution in [1.82, 2.24) is 15.3 Å². The van der Waals surface area contributed by atoms with Crippen LogP contribution in [0.25, 0.3) is 0 Å². The molecule has 0 saturated heterocycles. The van der Waals surface area contributed by atoms with Gasteiger partial charge in [-0.3, -0.25) is 4.79 Å². The number of aromatic nitrogens is 2. The van der Waals surface area contributed by atoms with E-state index in [4.69, 9.17) is 0 Å². The molecule has 0 bridgehead atoms. The summed E-state index contributed by atoms with van der Waals surface area (Å²) in [6.45, 7) is 2.17. The highest BCUT2D eigenvalue weighted by Crippen LogP contribution is 2.46. The van der Waals surface area contributed by atoms with Gasteiger partial charge in [-0.25, -0.2) is 4.98 Å². The lowest BCUT2D eigenvalue weighted by Crippen LogP contribution is -2.39. The average Bonchev–Trinajstić information content (AvgIpc) is 3.06. The number of nitrogens with zero attached hydrogens (tertiary/aromatic N) is 1. The Bertz CT molecular complexity index is 428. The van der Waals surface area contributed by atoms with E-state index < -0.39 is 0 Å². The number of carbonyl (C=O) groups is 1. The Kier molecular flexibility index (Phi) is 5.08. The predicted octanol–water partition coefficient (Wildman–Crippen LogP) is 3.02. The van der Waals surface area contributed by atoms with Gasteiger partial charge >= 0.3 is 0 Å². The van der Waals surface area contributed by atoms with Crippen molar-refractivity contribution < 1.29 is 4.79 Å². The van der Waals surface area contributed by atoms with Crippen LogP contribution in [0.1, 0.15) is 57.1 Å². The molecule has 0 radical (unpaired) electrons. The molecule has 3 atom stereocenters. The third-order valence-corrected chi connectivity index (χ3v) is 4.75. The van der Waals surface area contributed by atoms with Crippen LogP contribution in [0.15, 0.2) is 12.5 Å². The van der Waals surface area contributed by atoms with E-state index in [1.165, 1.54) is 32.1 Å². The molecule has 0 aliphatic heterocycles. The molecule has 4 nitrogen and oxygen atoms in total. The molecule has 1 heterocycles. The molecule has 0 aromatic carbocycles. The largest absolute Gasteiger partial charge is 0.353 e. The topological polar surface area (TPSA) is 57.8 Å². The molecule has 20 heavy (non-hydrogen) atoms. The van der Waals surface area contributed by atoms with Gasteiger partial charge in [-0.1, -0.05) is 19.3 Å². The third kappa shape index (κ3) is 3.35. The van der Waals surface area contributed by atoms with Crippen LogP contribution >= 0.6 is 12.4 Å². The lowest BCUT2D eigenvalue weighted by Gasteiger charge is -2.28. The zero-order chi connectivity index (χ0) is 13.2. The van der Waals surface area contributed by atoms with Crippen molar-refractivity contribution in [2.75, 3.05) is 0 Å². The number of imidazole rings is 1. The quantitative estimate of drug-likeness (QED) is 0.897. The van der Waals surface area contributed by atoms with Gasteiger partial charge in [-0.15, -0.1) is 12.4 Å². The summed E-state index contributed by atoms with van der Waals surface area (Å²) in [6.07, 6.45) is 11.1. The van der Waals surface area contributed by atoms with E-state index in [1.54, 1.807) is 6.33 Å². The van der Waals surface area contributed by atoms with Gasteiger partial charge in [-0.2, -0.15) is 0 Å². The number of rotatable bonds is 4. The first kappa shape index (κ1) is 15.4. The number of hydrogen-bond donors (Lipinski definition) is 2. The van der Waals surface area contributed by atoms with Gasteiger partial charge in [0.25, 0.3) is 0 Å². The van der Waals surface area contributed by atoms with Crippen LogP contribution in [-0.4, -0.2) is 21.9 Å². The van der Waals surface area contributed by atoms with Crippen LogP contribution in [0, 0.1) is 11.8 Å². The van der Waals surface area contributed by atoms with Crippen LogP contribution in [-0.2, 0) is 4.79 Å². The molecule has 2 N–H and O–H groups in total. The van der Waals surface area contributed by atoms with Gasteiger partial charge < -0.3 is 10.3 Å². The molecule has 5 heteroatoms. The fraction of sp³-hybridized carbons (Fsp3) is 0.733. The summed E-state index contributed by atoms with van der Waals surface area (Å²) in [5.41, 5.74) is 1.03. The standard InChI is InChI=1S/C15H23N3O.ClH/c1-10(11-5-3-2-4-6-11)18-15(19)13-7-12(13)14-8-16-9-17-14;/h8-13H,2-7H2,1H3,(H,16,17)(H,18,19);1H/t10-,12+,13+;/m1./s1. The van der Waals surface area contributed by atoms with Crippen LogP contribution in [0.2, 0.25) is 0 Å². The normalized spacial score (nSPS) is 27.4. The maximum absolute atomic E-state index is 12.2. The number of nitrogens with one attached hydrogen (secondary N) is 2. The summed E-state index contributed by atoms with van der Waals surface area (Å²) in [5, 5.41) is 3.23. The van der Waals surface area contributed by atoms with Crippen LogP contribution < -0.4 is 5.32 Å². The highest BCUT2D eigenvalue weighted by atomic mass is 35.5. The highest BCUT2D eigenvalue weighted by molar-refractivity contribution is 5.85. The number of halogens is 1. The second-order valence-corrected chi connectivity index (χ2v) is 6.14. The molecule has 1 aromatic rings. The molecule has 0 unspecified atom stereocenters. The minimum absolute atomic E-state index is 0. The molecule has 3 rings (SSSR count). The van der Waals surface area contributed by atoms with Crippen molar-refractivity contribution >= 4 is 18.3 Å². The van der Waals surface area contributed by atoms with Crippen LogP contribution in [0.4, 0.5) is 0 Å². The van der Waals surface area contributed by atoms with E-state index in [0.717, 1.165) is 12.1 Å². The van der Waals surface area contributed by atoms with E-state index in [9.17, 15) is 4.79 Å². The molecule has 2 fully saturated rings. The van der Waals surface area contributed by atoms with Gasteiger partial charge in [0.1, 0.15) is 0 Å². The molecule has 1 aromatic heterocycles. The minimum Gasteiger partial charge on any atom is -0.353 e. The molecule has 112 valence electrons. The van der Waals surface area contributed by atoms with E-state index in [-0.39, 0.29) is 24.2 Å². The zero-order valence-corrected chi connectivity index (χ0v) is 12.8. The van der Waals surface area contributed by atoms with Gasteiger partial charge in [0.15, 0.2) is 0 Å². The number of hydrogen-bond acceptors (Lipinski definition) is 2. The summed E-state index contributed by atoms with van der Waals surface area (Å²) in [7, 11) is 0. The Hall–Kier alpha value is -1.03. The highest BCUT2D eigenvalue weighted by Gasteiger charge is 2.45. The van der Waals surface area contributed by atoms with Gasteiger partial charge in [0, 0.05) is 24.1 Å². The Morgan fingerprint density at radius 3 is 2.80 bits per heavy atom. The molecule has 2 aliphatic rings. The van der Waals surface area contributed by atoms with Crippen molar-refractivity contribution in [1.29, 1.82) is 0 Å². The first-order valence-corrected chi connectivity index (χ1v) is 7.54. The van der Waals surface area contributed by atoms with Crippen LogP contribution in [0.5, 0.6) is 0 Å². The average molecular weight is 298 g/mol. The van der Waals surface area contributed by atoms with Crippen molar-refractivity contribution in [3.63, 3.8) is 0 Å². The fourth-order valence-electron chi connectivity index (χ4n) is 3.37. The fourth-order valence-corrected chi connectivity index (χ4v) is 3.37. The SMILES string of the molecule is C[C@@H](NC(=O)[C@H]1C[C@@H]1c1c[nH]cn1)C1CCCCC1.Cl. The Balaban J connectivity index is 0.00000147. The Morgan fingerprint density at radius 1 is 1.40 bits per heavy atom. The first-order chi connectivity index (χ1) is 9.25. The maximum Gasteiger partial charge on any atom is 0.224 e. The second-order valence-electron chi connectivity index (χ2n) is 6.14. The van der Waals surface area contributed by atoms with Gasteiger partial charge in [0.2, 0.25) is 5.91 Å². The Morgan fingerprint density at radius 2 is 2.15 bits per heavy atom. The van der Waals surface area contributed by atoms with Crippen molar-refractivity contribution in [3.8, 4) is 0 Å². The van der Waals surface area contributed by atoms with E-state index in [1.807, 2.05) is 6.20 Å². The van der Waals surface area contributed by atoms with Gasteiger partial charge in [-0.05, 0) is 32.1 Å². The first-order valence-electron chi connectivity index (χ1n) is 7.54. The number of H-pyrrole nitrogens is 1. The summed E-state index contributed by atoms with van der Waals surface area (Å²) < 4.78 is 0. The second kappa shape index (κ2) is 6.61. The van der Waals surface area contributed by atoms with E-state index in [0.29, 0.717) is 17.9 Å². The summed E-state index contributed by atoms with van der Waals surface area (Å²) in [4.78, 5) is 19.4. The lowest BCUT2D eigenvalue weighted by molar-refractivity contribution is -0.123. The molecule has 2 aliphatic carbocycles. The number of aromatic amines is 1. The number of carbonyl (C=O) groups excluding carboxylic acids is 1. The smallest absolute Gasteiger partial charge is 0.224 e. The summed E-state index contributed by atoms with van der Waals surface area (Å²) in [6, 6.07) is 0.327. The molecule has 2 saturated carbocycles. The third-order valence-electron chi connectivity index (χ3n) is 4.75. The van der Waals surface area contributed by atoms with E-state index >= 15 is 0 Å². The summed E-state index contributed by atoms with van der Waals surface area (Å²) in [5.74, 6) is 1.39. The lowest BCUT2D eigenvalue weighted by atomic mass is 9.84. The van der Waals surface area contributed by atoms with Crippen LogP contribution in [0.3, 0.4) is 0 Å². The van der Waals surface area contributed by atoms with Crippen molar-refractivity contribution in [2.45, 2.75) is 57.4 Å². The minimum atomic E-state index is 0. The van der Waals surface area contributed by atoms with Crippen molar-refractivity contribution in [2.24, 2.45) is 11.8 Å². The molecule has 0 spiro atoms. The monoisotopic (exact) mass is 297 g/mol. The Labute approximate surface area is 126 Å².